The fourth-order valence-corrected chi connectivity index (χ4v) is 0.371. The Morgan fingerprint density at radius 1 is 1.57 bits per heavy atom. The second kappa shape index (κ2) is 2.93. The van der Waals surface area contributed by atoms with Gasteiger partial charge in [0.25, 0.3) is 0 Å². The zero-order valence-electron chi connectivity index (χ0n) is 3.48. The smallest absolute Gasteiger partial charge is 0.104 e. The number of halogens is 1. The average Bonchev–Trinajstić information content (AvgIpc) is 1.86. The van der Waals surface area contributed by atoms with Crippen LogP contribution in [0.25, 0.3) is 0 Å². The fraction of sp³-hybridized carbons (Fsp3) is 0. The maximum atomic E-state index is 3.89. The quantitative estimate of drug-likeness (QED) is 0.527. The Balaban J connectivity index is 0.000000360. The van der Waals surface area contributed by atoms with Crippen LogP contribution in [0, 0.1) is 0 Å². The highest BCUT2D eigenvalue weighted by atomic mass is 35.5. The van der Waals surface area contributed by atoms with Gasteiger partial charge >= 0.3 is 0 Å². The van der Waals surface area contributed by atoms with Crippen LogP contribution in [-0.2, 0) is 0 Å². The molecule has 0 aliphatic carbocycles. The molecule has 0 fully saturated rings. The maximum absolute atomic E-state index is 3.89. The van der Waals surface area contributed by atoms with Crippen LogP contribution in [0.15, 0.2) is 18.7 Å². The minimum absolute atomic E-state index is 0. The first kappa shape index (κ1) is 6.85. The van der Waals surface area contributed by atoms with Gasteiger partial charge in [0.2, 0.25) is 0 Å². The number of thiol groups is 1. The molecule has 1 heterocycles. The van der Waals surface area contributed by atoms with Gasteiger partial charge in [-0.1, -0.05) is 12.8 Å². The van der Waals surface area contributed by atoms with Crippen molar-refractivity contribution in [3.8, 4) is 0 Å². The normalized spacial score (nSPS) is 7.57. The van der Waals surface area contributed by atoms with E-state index in [1.54, 1.807) is 22.7 Å². The summed E-state index contributed by atoms with van der Waals surface area (Å²) in [6.07, 6.45) is 5.04. The maximum Gasteiger partial charge on any atom is 0.104 e. The monoisotopic (exact) mass is 136 g/mol. The molecule has 40 valence electrons. The average molecular weight is 137 g/mol. The van der Waals surface area contributed by atoms with E-state index >= 15 is 0 Å². The molecule has 1 rings (SSSR count). The van der Waals surface area contributed by atoms with Gasteiger partial charge in [0, 0.05) is 12.4 Å². The van der Waals surface area contributed by atoms with E-state index in [2.05, 4.69) is 17.8 Å². The molecular formula is C3H5ClN2S. The first-order valence-electron chi connectivity index (χ1n) is 1.57. The molecule has 2 nitrogen and oxygen atoms in total. The highest BCUT2D eigenvalue weighted by Gasteiger charge is 1.70. The largest absolute Gasteiger partial charge is 0.283 e. The summed E-state index contributed by atoms with van der Waals surface area (Å²) in [5.41, 5.74) is 0. The molecule has 1 aromatic heterocycles. The Kier molecular flexibility index (Phi) is 2.87. The molecule has 0 N–H and O–H groups in total. The lowest BCUT2D eigenvalue weighted by atomic mass is 11.0. The van der Waals surface area contributed by atoms with Crippen molar-refractivity contribution in [1.82, 2.24) is 8.96 Å². The Labute approximate surface area is 53.5 Å². The summed E-state index contributed by atoms with van der Waals surface area (Å²) in [6, 6.07) is 0. The first-order chi connectivity index (χ1) is 2.89. The lowest BCUT2D eigenvalue weighted by molar-refractivity contribution is 1.25. The molecule has 0 unspecified atom stereocenters. The van der Waals surface area contributed by atoms with Gasteiger partial charge in [-0.25, -0.2) is 4.98 Å². The SMILES string of the molecule is Cl.Sn1ccnc1. The second-order valence-electron chi connectivity index (χ2n) is 0.943. The third-order valence-corrected chi connectivity index (χ3v) is 0.727. The summed E-state index contributed by atoms with van der Waals surface area (Å²) >= 11 is 3.89. The van der Waals surface area contributed by atoms with E-state index in [4.69, 9.17) is 0 Å². The molecule has 0 atom stereocenters. The molecule has 0 saturated heterocycles. The van der Waals surface area contributed by atoms with Crippen molar-refractivity contribution < 1.29 is 0 Å². The lowest BCUT2D eigenvalue weighted by Gasteiger charge is -1.74. The minimum Gasteiger partial charge on any atom is -0.283 e. The van der Waals surface area contributed by atoms with Gasteiger partial charge < -0.3 is 0 Å². The van der Waals surface area contributed by atoms with Crippen LogP contribution < -0.4 is 0 Å². The molecule has 7 heavy (non-hydrogen) atoms. The summed E-state index contributed by atoms with van der Waals surface area (Å²) < 4.78 is 1.58. The molecule has 0 radical (unpaired) electrons. The number of rotatable bonds is 0. The Bertz CT molecular complexity index is 116. The molecule has 0 aliphatic rings. The van der Waals surface area contributed by atoms with Crippen LogP contribution in [0.2, 0.25) is 0 Å². The van der Waals surface area contributed by atoms with E-state index in [1.165, 1.54) is 0 Å². The molecule has 4 heteroatoms. The van der Waals surface area contributed by atoms with Gasteiger partial charge in [0.15, 0.2) is 0 Å². The fourth-order valence-electron chi connectivity index (χ4n) is 0.252. The highest BCUT2D eigenvalue weighted by Crippen LogP contribution is 1.82. The van der Waals surface area contributed by atoms with Crippen molar-refractivity contribution in [2.24, 2.45) is 0 Å². The van der Waals surface area contributed by atoms with Gasteiger partial charge in [-0.15, -0.1) is 12.4 Å². The topological polar surface area (TPSA) is 17.8 Å². The molecule has 0 amide bonds. The van der Waals surface area contributed by atoms with Crippen LogP contribution in [0.5, 0.6) is 0 Å². The number of hydrogen-bond donors (Lipinski definition) is 1. The number of nitrogens with zero attached hydrogens (tertiary/aromatic N) is 2. The Morgan fingerprint density at radius 2 is 2.29 bits per heavy atom. The summed E-state index contributed by atoms with van der Waals surface area (Å²) in [6.45, 7) is 0. The third-order valence-electron chi connectivity index (χ3n) is 0.490. The molecule has 1 aromatic rings. The van der Waals surface area contributed by atoms with Crippen molar-refractivity contribution in [2.45, 2.75) is 0 Å². The molecule has 0 bridgehead atoms. The third kappa shape index (κ3) is 1.85. The Hall–Kier alpha value is -0.150. The van der Waals surface area contributed by atoms with Gasteiger partial charge in [0.1, 0.15) is 6.33 Å². The summed E-state index contributed by atoms with van der Waals surface area (Å²) in [5, 5.41) is 0. The van der Waals surface area contributed by atoms with Crippen molar-refractivity contribution in [3.05, 3.63) is 18.7 Å². The molecular weight excluding hydrogens is 132 g/mol. The number of imidazole rings is 1. The standard InChI is InChI=1S/C3H4N2S.ClH/c6-5-2-1-4-3-5;/h1-3,6H;1H. The van der Waals surface area contributed by atoms with Gasteiger partial charge in [-0.2, -0.15) is 0 Å². The van der Waals surface area contributed by atoms with Gasteiger partial charge in [-0.3, -0.25) is 3.97 Å². The predicted octanol–water partition coefficient (Wildman–Crippen LogP) is 0.998. The molecule has 0 aliphatic heterocycles. The van der Waals surface area contributed by atoms with Crippen LogP contribution in [0.3, 0.4) is 0 Å². The van der Waals surface area contributed by atoms with Crippen molar-refractivity contribution in [3.63, 3.8) is 0 Å². The molecule has 0 spiro atoms. The molecule has 0 saturated carbocycles. The van der Waals surface area contributed by atoms with Crippen LogP contribution in [0.4, 0.5) is 0 Å². The van der Waals surface area contributed by atoms with Crippen molar-refractivity contribution in [2.75, 3.05) is 0 Å². The van der Waals surface area contributed by atoms with Crippen LogP contribution in [0.1, 0.15) is 0 Å². The van der Waals surface area contributed by atoms with E-state index in [1.807, 2.05) is 0 Å². The van der Waals surface area contributed by atoms with E-state index in [0.717, 1.165) is 0 Å². The molecule has 0 aromatic carbocycles. The summed E-state index contributed by atoms with van der Waals surface area (Å²) in [4.78, 5) is 3.71. The number of hydrogen-bond acceptors (Lipinski definition) is 2. The van der Waals surface area contributed by atoms with E-state index < -0.39 is 0 Å². The predicted molar refractivity (Wildman–Crippen MR) is 33.9 cm³/mol. The van der Waals surface area contributed by atoms with Crippen molar-refractivity contribution in [1.29, 1.82) is 0 Å². The zero-order valence-corrected chi connectivity index (χ0v) is 5.19. The lowest BCUT2D eigenvalue weighted by Crippen LogP contribution is -1.65. The van der Waals surface area contributed by atoms with Crippen molar-refractivity contribution >= 4 is 25.2 Å². The van der Waals surface area contributed by atoms with Crippen LogP contribution >= 0.6 is 25.2 Å². The minimum atomic E-state index is 0. The number of aromatic nitrogens is 2. The van der Waals surface area contributed by atoms with Gasteiger partial charge in [0.05, 0.1) is 0 Å². The van der Waals surface area contributed by atoms with E-state index in [-0.39, 0.29) is 12.4 Å². The zero-order chi connectivity index (χ0) is 4.41. The summed E-state index contributed by atoms with van der Waals surface area (Å²) in [5.74, 6) is 0. The Morgan fingerprint density at radius 3 is 2.43 bits per heavy atom. The van der Waals surface area contributed by atoms with E-state index in [0.29, 0.717) is 0 Å². The van der Waals surface area contributed by atoms with Crippen LogP contribution in [-0.4, -0.2) is 8.96 Å². The van der Waals surface area contributed by atoms with Gasteiger partial charge in [-0.05, 0) is 0 Å². The second-order valence-corrected chi connectivity index (χ2v) is 1.40. The van der Waals surface area contributed by atoms with E-state index in [9.17, 15) is 0 Å². The first-order valence-corrected chi connectivity index (χ1v) is 1.97. The summed E-state index contributed by atoms with van der Waals surface area (Å²) in [7, 11) is 0. The highest BCUT2D eigenvalue weighted by molar-refractivity contribution is 7.78.